The molecule has 2 rings (SSSR count). The SMILES string of the molecule is COc1ccc(C(=N)N)cc1COCc1ccco1. The zero-order chi connectivity index (χ0) is 13.7. The summed E-state index contributed by atoms with van der Waals surface area (Å²) in [6.45, 7) is 0.755. The zero-order valence-corrected chi connectivity index (χ0v) is 10.7. The maximum absolute atomic E-state index is 7.43. The molecule has 0 atom stereocenters. The van der Waals surface area contributed by atoms with Crippen molar-refractivity contribution in [3.63, 3.8) is 0 Å². The van der Waals surface area contributed by atoms with Crippen molar-refractivity contribution in [1.29, 1.82) is 5.41 Å². The molecule has 1 aromatic heterocycles. The van der Waals surface area contributed by atoms with Crippen LogP contribution in [0.1, 0.15) is 16.9 Å². The minimum atomic E-state index is 0.0231. The molecule has 0 unspecified atom stereocenters. The Morgan fingerprint density at radius 1 is 1.32 bits per heavy atom. The molecule has 2 aromatic rings. The van der Waals surface area contributed by atoms with Crippen LogP contribution in [-0.2, 0) is 18.0 Å². The van der Waals surface area contributed by atoms with Gasteiger partial charge in [-0.3, -0.25) is 5.41 Å². The fourth-order valence-electron chi connectivity index (χ4n) is 1.72. The molecule has 0 aliphatic rings. The number of methoxy groups -OCH3 is 1. The number of nitrogen functional groups attached to an aromatic ring is 1. The lowest BCUT2D eigenvalue weighted by atomic mass is 10.1. The smallest absolute Gasteiger partial charge is 0.129 e. The van der Waals surface area contributed by atoms with Crippen molar-refractivity contribution in [2.45, 2.75) is 13.2 Å². The second kappa shape index (κ2) is 6.06. The predicted octanol–water partition coefficient (Wildman–Crippen LogP) is 2.29. The standard InChI is InChI=1S/C14H16N2O3/c1-17-13-5-4-10(14(15)16)7-11(13)8-18-9-12-3-2-6-19-12/h2-7H,8-9H2,1H3,(H3,15,16). The van der Waals surface area contributed by atoms with E-state index in [-0.39, 0.29) is 5.84 Å². The molecule has 0 aliphatic heterocycles. The van der Waals surface area contributed by atoms with Crippen LogP contribution in [0.15, 0.2) is 41.0 Å². The maximum Gasteiger partial charge on any atom is 0.129 e. The van der Waals surface area contributed by atoms with E-state index in [0.29, 0.717) is 24.5 Å². The molecule has 1 heterocycles. The van der Waals surface area contributed by atoms with Crippen molar-refractivity contribution in [3.05, 3.63) is 53.5 Å². The predicted molar refractivity (Wildman–Crippen MR) is 71.2 cm³/mol. The number of benzene rings is 1. The molecule has 0 aliphatic carbocycles. The van der Waals surface area contributed by atoms with E-state index in [1.165, 1.54) is 0 Å². The first kappa shape index (κ1) is 13.2. The number of furan rings is 1. The van der Waals surface area contributed by atoms with Crippen LogP contribution < -0.4 is 10.5 Å². The molecule has 100 valence electrons. The topological polar surface area (TPSA) is 81.5 Å². The van der Waals surface area contributed by atoms with Crippen LogP contribution in [0.2, 0.25) is 0 Å². The summed E-state index contributed by atoms with van der Waals surface area (Å²) in [4.78, 5) is 0. The third-order valence-electron chi connectivity index (χ3n) is 2.67. The second-order valence-electron chi connectivity index (χ2n) is 4.01. The second-order valence-corrected chi connectivity index (χ2v) is 4.01. The molecule has 3 N–H and O–H groups in total. The third-order valence-corrected chi connectivity index (χ3v) is 2.67. The third kappa shape index (κ3) is 3.35. The minimum Gasteiger partial charge on any atom is -0.496 e. The first-order valence-corrected chi connectivity index (χ1v) is 5.82. The number of ether oxygens (including phenoxy) is 2. The Kier molecular flexibility index (Phi) is 4.20. The van der Waals surface area contributed by atoms with Crippen molar-refractivity contribution < 1.29 is 13.9 Å². The Morgan fingerprint density at radius 2 is 2.16 bits per heavy atom. The van der Waals surface area contributed by atoms with Crippen LogP contribution in [0.5, 0.6) is 5.75 Å². The van der Waals surface area contributed by atoms with Crippen LogP contribution in [0.3, 0.4) is 0 Å². The summed E-state index contributed by atoms with van der Waals surface area (Å²) >= 11 is 0. The summed E-state index contributed by atoms with van der Waals surface area (Å²) < 4.78 is 16.0. The van der Waals surface area contributed by atoms with E-state index in [1.54, 1.807) is 31.6 Å². The number of nitrogens with one attached hydrogen (secondary N) is 1. The molecule has 19 heavy (non-hydrogen) atoms. The van der Waals surface area contributed by atoms with E-state index in [9.17, 15) is 0 Å². The number of rotatable bonds is 6. The van der Waals surface area contributed by atoms with Crippen LogP contribution in [-0.4, -0.2) is 12.9 Å². The fourth-order valence-corrected chi connectivity index (χ4v) is 1.72. The lowest BCUT2D eigenvalue weighted by molar-refractivity contribution is 0.0914. The van der Waals surface area contributed by atoms with Crippen LogP contribution >= 0.6 is 0 Å². The van der Waals surface area contributed by atoms with Gasteiger partial charge in [0.15, 0.2) is 0 Å². The van der Waals surface area contributed by atoms with Gasteiger partial charge in [0.2, 0.25) is 0 Å². The molecule has 1 aromatic carbocycles. The molecule has 0 saturated heterocycles. The Hall–Kier alpha value is -2.27. The van der Waals surface area contributed by atoms with Gasteiger partial charge in [-0.25, -0.2) is 0 Å². The largest absolute Gasteiger partial charge is 0.496 e. The summed E-state index contributed by atoms with van der Waals surface area (Å²) in [5.74, 6) is 1.50. The Balaban J connectivity index is 2.04. The molecule has 0 amide bonds. The van der Waals surface area contributed by atoms with E-state index < -0.39 is 0 Å². The van der Waals surface area contributed by atoms with Gasteiger partial charge < -0.3 is 19.6 Å². The van der Waals surface area contributed by atoms with Gasteiger partial charge in [0.1, 0.15) is 24.0 Å². The van der Waals surface area contributed by atoms with Crippen molar-refractivity contribution in [2.75, 3.05) is 7.11 Å². The number of hydrogen-bond donors (Lipinski definition) is 2. The number of amidine groups is 1. The van der Waals surface area contributed by atoms with Gasteiger partial charge >= 0.3 is 0 Å². The lowest BCUT2D eigenvalue weighted by Crippen LogP contribution is -2.11. The van der Waals surface area contributed by atoms with Crippen molar-refractivity contribution in [2.24, 2.45) is 5.73 Å². The quantitative estimate of drug-likeness (QED) is 0.616. The van der Waals surface area contributed by atoms with Gasteiger partial charge in [0.05, 0.1) is 20.0 Å². The lowest BCUT2D eigenvalue weighted by Gasteiger charge is -2.10. The normalized spacial score (nSPS) is 10.4. The molecular weight excluding hydrogens is 244 g/mol. The summed E-state index contributed by atoms with van der Waals surface area (Å²) in [6, 6.07) is 8.99. The number of hydrogen-bond acceptors (Lipinski definition) is 4. The summed E-state index contributed by atoms with van der Waals surface area (Å²) in [6.07, 6.45) is 1.61. The number of nitrogens with two attached hydrogens (primary N) is 1. The molecule has 0 saturated carbocycles. The van der Waals surface area contributed by atoms with E-state index in [2.05, 4.69) is 0 Å². The highest BCUT2D eigenvalue weighted by atomic mass is 16.5. The first-order chi connectivity index (χ1) is 9.20. The van der Waals surface area contributed by atoms with Crippen molar-refractivity contribution in [1.82, 2.24) is 0 Å². The Morgan fingerprint density at radius 3 is 2.79 bits per heavy atom. The van der Waals surface area contributed by atoms with Gasteiger partial charge in [0.25, 0.3) is 0 Å². The zero-order valence-electron chi connectivity index (χ0n) is 10.7. The average molecular weight is 260 g/mol. The van der Waals surface area contributed by atoms with Gasteiger partial charge in [-0.05, 0) is 30.3 Å². The maximum atomic E-state index is 7.43. The van der Waals surface area contributed by atoms with Crippen LogP contribution in [0.25, 0.3) is 0 Å². The van der Waals surface area contributed by atoms with E-state index in [1.807, 2.05) is 12.1 Å². The van der Waals surface area contributed by atoms with Gasteiger partial charge in [0, 0.05) is 11.1 Å². The monoisotopic (exact) mass is 260 g/mol. The van der Waals surface area contributed by atoms with Gasteiger partial charge in [-0.2, -0.15) is 0 Å². The van der Waals surface area contributed by atoms with E-state index in [0.717, 1.165) is 11.3 Å². The molecule has 0 spiro atoms. The highest BCUT2D eigenvalue weighted by Gasteiger charge is 2.07. The fraction of sp³-hybridized carbons (Fsp3) is 0.214. The molecule has 0 fully saturated rings. The Bertz CT molecular complexity index is 550. The summed E-state index contributed by atoms with van der Waals surface area (Å²) in [5.41, 5.74) is 6.97. The summed E-state index contributed by atoms with van der Waals surface area (Å²) in [7, 11) is 1.60. The van der Waals surface area contributed by atoms with Gasteiger partial charge in [-0.15, -0.1) is 0 Å². The Labute approximate surface area is 111 Å². The first-order valence-electron chi connectivity index (χ1n) is 5.82. The van der Waals surface area contributed by atoms with Crippen LogP contribution in [0.4, 0.5) is 0 Å². The molecule has 0 radical (unpaired) electrons. The van der Waals surface area contributed by atoms with Crippen molar-refractivity contribution >= 4 is 5.84 Å². The average Bonchev–Trinajstić information content (AvgIpc) is 2.91. The van der Waals surface area contributed by atoms with E-state index in [4.69, 9.17) is 25.0 Å². The molecule has 0 bridgehead atoms. The van der Waals surface area contributed by atoms with Crippen molar-refractivity contribution in [3.8, 4) is 5.75 Å². The summed E-state index contributed by atoms with van der Waals surface area (Å²) in [5, 5.41) is 7.43. The molecular formula is C14H16N2O3. The van der Waals surface area contributed by atoms with E-state index >= 15 is 0 Å². The minimum absolute atomic E-state index is 0.0231. The van der Waals surface area contributed by atoms with Gasteiger partial charge in [-0.1, -0.05) is 0 Å². The molecule has 5 nitrogen and oxygen atoms in total. The highest BCUT2D eigenvalue weighted by Crippen LogP contribution is 2.21. The van der Waals surface area contributed by atoms with Crippen LogP contribution in [0, 0.1) is 5.41 Å². The molecule has 5 heteroatoms. The highest BCUT2D eigenvalue weighted by molar-refractivity contribution is 5.95.